The van der Waals surface area contributed by atoms with Crippen LogP contribution in [0.5, 0.6) is 0 Å². The number of carbonyl (C=O) groups excluding carboxylic acids is 3. The third-order valence-corrected chi connectivity index (χ3v) is 5.50. The predicted molar refractivity (Wildman–Crippen MR) is 95.7 cm³/mol. The fourth-order valence-electron chi connectivity index (χ4n) is 1.99. The van der Waals surface area contributed by atoms with Crippen molar-refractivity contribution < 1.29 is 19.1 Å². The van der Waals surface area contributed by atoms with E-state index in [0.717, 1.165) is 22.7 Å². The maximum Gasteiger partial charge on any atom is 0.348 e. The Hall–Kier alpha value is -1.90. The maximum absolute atomic E-state index is 12.3. The van der Waals surface area contributed by atoms with Gasteiger partial charge in [0.05, 0.1) is 21.4 Å². The minimum absolute atomic E-state index is 0.223. The van der Waals surface area contributed by atoms with E-state index in [4.69, 9.17) is 16.3 Å². The number of anilines is 1. The fraction of sp³-hybridized carbons (Fsp3) is 0.267. The number of rotatable bonds is 5. The van der Waals surface area contributed by atoms with Crippen LogP contribution in [0.4, 0.5) is 5.00 Å². The molecule has 0 atom stereocenters. The Morgan fingerprint density at radius 3 is 2.46 bits per heavy atom. The van der Waals surface area contributed by atoms with Gasteiger partial charge < -0.3 is 15.4 Å². The van der Waals surface area contributed by atoms with Crippen molar-refractivity contribution >= 4 is 57.1 Å². The van der Waals surface area contributed by atoms with Gasteiger partial charge in [-0.2, -0.15) is 0 Å². The van der Waals surface area contributed by atoms with Gasteiger partial charge in [0.2, 0.25) is 0 Å². The summed E-state index contributed by atoms with van der Waals surface area (Å²) in [5.74, 6) is -1.31. The second-order valence-corrected chi connectivity index (χ2v) is 7.35. The summed E-state index contributed by atoms with van der Waals surface area (Å²) in [7, 11) is 1.48. The van der Waals surface area contributed by atoms with Crippen molar-refractivity contribution in [3.8, 4) is 0 Å². The van der Waals surface area contributed by atoms with E-state index < -0.39 is 11.9 Å². The average Bonchev–Trinajstić information content (AvgIpc) is 3.11. The van der Waals surface area contributed by atoms with Crippen LogP contribution in [0.2, 0.25) is 4.34 Å². The highest BCUT2D eigenvalue weighted by Crippen LogP contribution is 2.34. The first-order valence-electron chi connectivity index (χ1n) is 6.98. The summed E-state index contributed by atoms with van der Waals surface area (Å²) < 4.78 is 5.48. The molecule has 24 heavy (non-hydrogen) atoms. The van der Waals surface area contributed by atoms with Crippen molar-refractivity contribution in [3.63, 3.8) is 0 Å². The monoisotopic (exact) mass is 386 g/mol. The van der Waals surface area contributed by atoms with Crippen molar-refractivity contribution in [2.45, 2.75) is 13.8 Å². The van der Waals surface area contributed by atoms with Crippen molar-refractivity contribution in [2.24, 2.45) is 0 Å². The van der Waals surface area contributed by atoms with Gasteiger partial charge in [-0.25, -0.2) is 4.79 Å². The summed E-state index contributed by atoms with van der Waals surface area (Å²) in [6, 6.07) is 3.21. The van der Waals surface area contributed by atoms with E-state index in [-0.39, 0.29) is 23.0 Å². The Balaban J connectivity index is 2.40. The zero-order valence-electron chi connectivity index (χ0n) is 13.2. The second kappa shape index (κ2) is 7.78. The van der Waals surface area contributed by atoms with Crippen LogP contribution in [-0.4, -0.2) is 31.4 Å². The van der Waals surface area contributed by atoms with Crippen LogP contribution in [0, 0.1) is 6.92 Å². The highest BCUT2D eigenvalue weighted by molar-refractivity contribution is 7.19. The minimum Gasteiger partial charge on any atom is -0.462 e. The number of thiophene rings is 2. The number of halogens is 1. The van der Waals surface area contributed by atoms with Gasteiger partial charge in [-0.1, -0.05) is 11.6 Å². The smallest absolute Gasteiger partial charge is 0.348 e. The van der Waals surface area contributed by atoms with E-state index in [1.54, 1.807) is 26.0 Å². The molecule has 0 aliphatic carbocycles. The van der Waals surface area contributed by atoms with E-state index in [1.165, 1.54) is 7.05 Å². The molecular weight excluding hydrogens is 372 g/mol. The highest BCUT2D eigenvalue weighted by atomic mass is 35.5. The number of carbonyl (C=O) groups is 3. The molecular formula is C15H15ClN2O4S2. The van der Waals surface area contributed by atoms with Gasteiger partial charge in [0, 0.05) is 7.05 Å². The molecule has 2 heterocycles. The molecule has 2 aromatic heterocycles. The summed E-state index contributed by atoms with van der Waals surface area (Å²) in [6.07, 6.45) is 0. The zero-order chi connectivity index (χ0) is 17.9. The van der Waals surface area contributed by atoms with Crippen LogP contribution >= 0.6 is 34.3 Å². The standard InChI is InChI=1S/C15H15ClN2O4S2/c1-4-22-15(21)11-7(2)10(13(20)17-3)14(24-11)18-12(19)8-5-6-9(16)23-8/h5-6H,4H2,1-3H3,(H,17,20)(H,18,19). The van der Waals surface area contributed by atoms with Gasteiger partial charge in [0.25, 0.3) is 11.8 Å². The molecule has 0 saturated carbocycles. The van der Waals surface area contributed by atoms with Crippen molar-refractivity contribution in [1.29, 1.82) is 0 Å². The molecule has 2 rings (SSSR count). The van der Waals surface area contributed by atoms with Gasteiger partial charge >= 0.3 is 5.97 Å². The Bertz CT molecular complexity index is 797. The molecule has 2 amide bonds. The van der Waals surface area contributed by atoms with Crippen LogP contribution in [0.1, 0.15) is 42.2 Å². The molecule has 0 aromatic carbocycles. The molecule has 6 nitrogen and oxygen atoms in total. The summed E-state index contributed by atoms with van der Waals surface area (Å²) >= 11 is 7.97. The quantitative estimate of drug-likeness (QED) is 0.769. The van der Waals surface area contributed by atoms with Gasteiger partial charge in [-0.05, 0) is 31.5 Å². The highest BCUT2D eigenvalue weighted by Gasteiger charge is 2.26. The SMILES string of the molecule is CCOC(=O)c1sc(NC(=O)c2ccc(Cl)s2)c(C(=O)NC)c1C. The Labute approximate surface area is 151 Å². The Morgan fingerprint density at radius 1 is 1.21 bits per heavy atom. The molecule has 0 aliphatic rings. The lowest BCUT2D eigenvalue weighted by Crippen LogP contribution is -2.21. The van der Waals surface area contributed by atoms with Gasteiger partial charge in [-0.15, -0.1) is 22.7 Å². The third kappa shape index (κ3) is 3.77. The first-order chi connectivity index (χ1) is 11.4. The lowest BCUT2D eigenvalue weighted by atomic mass is 10.1. The number of esters is 1. The average molecular weight is 387 g/mol. The molecule has 0 bridgehead atoms. The minimum atomic E-state index is -0.523. The molecule has 0 spiro atoms. The van der Waals surface area contributed by atoms with Gasteiger partial charge in [0.15, 0.2) is 0 Å². The number of ether oxygens (including phenoxy) is 1. The first kappa shape index (κ1) is 18.4. The second-order valence-electron chi connectivity index (χ2n) is 4.62. The van der Waals surface area contributed by atoms with Crippen LogP contribution < -0.4 is 10.6 Å². The lowest BCUT2D eigenvalue weighted by molar-refractivity contribution is 0.0531. The normalized spacial score (nSPS) is 10.3. The lowest BCUT2D eigenvalue weighted by Gasteiger charge is -2.05. The predicted octanol–water partition coefficient (Wildman–Crippen LogP) is 3.56. The molecule has 0 radical (unpaired) electrons. The summed E-state index contributed by atoms with van der Waals surface area (Å²) in [5, 5.41) is 5.48. The number of hydrogen-bond acceptors (Lipinski definition) is 6. The zero-order valence-corrected chi connectivity index (χ0v) is 15.6. The van der Waals surface area contributed by atoms with Crippen LogP contribution in [0.25, 0.3) is 0 Å². The maximum atomic E-state index is 12.3. The summed E-state index contributed by atoms with van der Waals surface area (Å²) in [6.45, 7) is 3.57. The first-order valence-corrected chi connectivity index (χ1v) is 8.99. The molecule has 0 saturated heterocycles. The molecule has 2 aromatic rings. The summed E-state index contributed by atoms with van der Waals surface area (Å²) in [4.78, 5) is 37.2. The molecule has 2 N–H and O–H groups in total. The Kier molecular flexibility index (Phi) is 5.98. The van der Waals surface area contributed by atoms with E-state index >= 15 is 0 Å². The van der Waals surface area contributed by atoms with Crippen LogP contribution in [0.15, 0.2) is 12.1 Å². The number of nitrogens with one attached hydrogen (secondary N) is 2. The van der Waals surface area contributed by atoms with E-state index in [2.05, 4.69) is 10.6 Å². The van der Waals surface area contributed by atoms with Crippen molar-refractivity contribution in [1.82, 2.24) is 5.32 Å². The van der Waals surface area contributed by atoms with Gasteiger partial charge in [-0.3, -0.25) is 9.59 Å². The van der Waals surface area contributed by atoms with E-state index in [9.17, 15) is 14.4 Å². The molecule has 0 fully saturated rings. The topological polar surface area (TPSA) is 84.5 Å². The van der Waals surface area contributed by atoms with Crippen molar-refractivity contribution in [3.05, 3.63) is 37.4 Å². The van der Waals surface area contributed by atoms with Crippen LogP contribution in [0.3, 0.4) is 0 Å². The van der Waals surface area contributed by atoms with Gasteiger partial charge in [0.1, 0.15) is 9.88 Å². The molecule has 0 unspecified atom stereocenters. The fourth-order valence-corrected chi connectivity index (χ4v) is 4.02. The van der Waals surface area contributed by atoms with Crippen LogP contribution in [-0.2, 0) is 4.74 Å². The van der Waals surface area contributed by atoms with E-state index in [0.29, 0.717) is 19.8 Å². The number of amides is 2. The third-order valence-electron chi connectivity index (χ3n) is 3.09. The Morgan fingerprint density at radius 2 is 1.92 bits per heavy atom. The largest absolute Gasteiger partial charge is 0.462 e. The molecule has 128 valence electrons. The summed E-state index contributed by atoms with van der Waals surface area (Å²) in [5.41, 5.74) is 0.721. The molecule has 0 aliphatic heterocycles. The van der Waals surface area contributed by atoms with E-state index in [1.807, 2.05) is 0 Å². The van der Waals surface area contributed by atoms with Crippen molar-refractivity contribution in [2.75, 3.05) is 19.0 Å². The number of hydrogen-bond donors (Lipinski definition) is 2. The molecule has 9 heteroatoms.